The zero-order chi connectivity index (χ0) is 32.1. The summed E-state index contributed by atoms with van der Waals surface area (Å²) in [6, 6.07) is 13.1. The first-order valence-corrected chi connectivity index (χ1v) is 18.1. The van der Waals surface area contributed by atoms with Gasteiger partial charge in [-0.15, -0.1) is 0 Å². The smallest absolute Gasteiger partial charge is 0.161 e. The molecule has 4 aliphatic rings. The van der Waals surface area contributed by atoms with Crippen LogP contribution in [0.15, 0.2) is 36.4 Å². The van der Waals surface area contributed by atoms with Crippen molar-refractivity contribution in [2.75, 3.05) is 14.2 Å². The van der Waals surface area contributed by atoms with E-state index >= 15 is 0 Å². The molecule has 0 bridgehead atoms. The highest BCUT2D eigenvalue weighted by atomic mass is 16.5. The lowest BCUT2D eigenvalue weighted by Crippen LogP contribution is -2.51. The molecule has 46 heavy (non-hydrogen) atoms. The van der Waals surface area contributed by atoms with Crippen molar-refractivity contribution >= 4 is 11.6 Å². The third-order valence-corrected chi connectivity index (χ3v) is 12.0. The quantitative estimate of drug-likeness (QED) is 0.233. The molecule has 0 aliphatic heterocycles. The summed E-state index contributed by atoms with van der Waals surface area (Å²) in [5, 5.41) is 0. The van der Waals surface area contributed by atoms with Gasteiger partial charge in [-0.25, -0.2) is 0 Å². The molecule has 4 aliphatic carbocycles. The van der Waals surface area contributed by atoms with Crippen molar-refractivity contribution in [1.29, 1.82) is 0 Å². The van der Waals surface area contributed by atoms with Gasteiger partial charge in [0.15, 0.2) is 23.0 Å². The largest absolute Gasteiger partial charge is 0.493 e. The van der Waals surface area contributed by atoms with E-state index in [0.29, 0.717) is 37.2 Å². The molecule has 2 aromatic carbocycles. The zero-order valence-corrected chi connectivity index (χ0v) is 28.4. The van der Waals surface area contributed by atoms with Crippen molar-refractivity contribution < 1.29 is 28.5 Å². The van der Waals surface area contributed by atoms with Crippen molar-refractivity contribution in [3.63, 3.8) is 0 Å². The number of carbonyl (C=O) groups is 2. The number of hydrogen-bond acceptors (Lipinski definition) is 6. The Bertz CT molecular complexity index is 1250. The molecule has 6 heteroatoms. The van der Waals surface area contributed by atoms with Crippen LogP contribution in [0.4, 0.5) is 0 Å². The number of Topliss-reactive ketones (excluding diaryl/α,β-unsaturated/α-hetero) is 2. The lowest BCUT2D eigenvalue weighted by molar-refractivity contribution is -0.123. The Kier molecular flexibility index (Phi) is 10.3. The minimum absolute atomic E-state index is 0.216. The predicted molar refractivity (Wildman–Crippen MR) is 180 cm³/mol. The second-order valence-corrected chi connectivity index (χ2v) is 14.5. The summed E-state index contributed by atoms with van der Waals surface area (Å²) in [6.07, 6.45) is 17.1. The predicted octanol–water partition coefficient (Wildman–Crippen LogP) is 9.22. The molecule has 4 fully saturated rings. The van der Waals surface area contributed by atoms with Crippen molar-refractivity contribution in [3.8, 4) is 23.0 Å². The number of benzene rings is 2. The van der Waals surface area contributed by atoms with Crippen molar-refractivity contribution in [2.24, 2.45) is 5.92 Å². The summed E-state index contributed by atoms with van der Waals surface area (Å²) in [5.74, 6) is 4.12. The first kappa shape index (κ1) is 32.9. The van der Waals surface area contributed by atoms with E-state index in [1.54, 1.807) is 14.2 Å². The Hall–Kier alpha value is -3.02. The average molecular weight is 631 g/mol. The van der Waals surface area contributed by atoms with E-state index in [-0.39, 0.29) is 29.0 Å². The molecule has 0 radical (unpaired) electrons. The number of carbonyl (C=O) groups excluding carboxylic acids is 2. The molecular formula is C40H54O6. The normalized spacial score (nSPS) is 21.9. The molecular weight excluding hydrogens is 576 g/mol. The Morgan fingerprint density at radius 2 is 1.02 bits per heavy atom. The molecule has 0 amide bonds. The number of hydrogen-bond donors (Lipinski definition) is 0. The molecule has 0 heterocycles. The Labute approximate surface area is 275 Å². The fourth-order valence-corrected chi connectivity index (χ4v) is 9.53. The third-order valence-electron chi connectivity index (χ3n) is 12.0. The topological polar surface area (TPSA) is 71.1 Å². The van der Waals surface area contributed by atoms with Gasteiger partial charge in [0.25, 0.3) is 0 Å². The van der Waals surface area contributed by atoms with E-state index in [0.717, 1.165) is 87.2 Å². The minimum atomic E-state index is -0.239. The van der Waals surface area contributed by atoms with Crippen LogP contribution in [-0.4, -0.2) is 38.0 Å². The van der Waals surface area contributed by atoms with Gasteiger partial charge in [0, 0.05) is 25.7 Å². The van der Waals surface area contributed by atoms with Crippen LogP contribution < -0.4 is 18.9 Å². The standard InChI is InChI=1S/C40H54O6/c1-4-9-38(39(22-18-30(41)19-23-39)28-14-16-34(43-2)36(26-28)45-32-10-5-6-11-32)40(24-20-31(42)21-25-40)29-15-17-35(44-3)37(27-29)46-33-12-7-8-13-33/h14-17,26-27,32-33,38H,4-13,18-25H2,1-3H3. The molecule has 0 spiro atoms. The lowest BCUT2D eigenvalue weighted by Gasteiger charge is -2.55. The number of methoxy groups -OCH3 is 2. The van der Waals surface area contributed by atoms with Gasteiger partial charge in [-0.05, 0) is 136 Å². The van der Waals surface area contributed by atoms with Crippen LogP contribution >= 0.6 is 0 Å². The van der Waals surface area contributed by atoms with E-state index in [2.05, 4.69) is 43.3 Å². The van der Waals surface area contributed by atoms with Gasteiger partial charge < -0.3 is 18.9 Å². The van der Waals surface area contributed by atoms with Crippen molar-refractivity contribution in [2.45, 2.75) is 146 Å². The molecule has 4 saturated carbocycles. The molecule has 0 atom stereocenters. The van der Waals surface area contributed by atoms with E-state index < -0.39 is 0 Å². The second-order valence-electron chi connectivity index (χ2n) is 14.5. The maximum absolute atomic E-state index is 12.9. The van der Waals surface area contributed by atoms with Crippen LogP contribution in [0.25, 0.3) is 0 Å². The Morgan fingerprint density at radius 1 is 0.630 bits per heavy atom. The monoisotopic (exact) mass is 630 g/mol. The highest BCUT2D eigenvalue weighted by molar-refractivity contribution is 5.80. The summed E-state index contributed by atoms with van der Waals surface area (Å²) in [4.78, 5) is 25.8. The Balaban J connectivity index is 1.48. The highest BCUT2D eigenvalue weighted by Crippen LogP contribution is 2.59. The van der Waals surface area contributed by atoms with Gasteiger partial charge in [-0.2, -0.15) is 0 Å². The molecule has 0 unspecified atom stereocenters. The molecule has 2 aromatic rings. The first-order chi connectivity index (χ1) is 22.4. The van der Waals surface area contributed by atoms with Gasteiger partial charge in [0.05, 0.1) is 26.4 Å². The SMILES string of the molecule is CCCC(C1(c2ccc(OC)c(OC3CCCC3)c2)CCC(=O)CC1)C1(c2ccc(OC)c(OC3CCCC3)c2)CCC(=O)CC1. The third kappa shape index (κ3) is 6.55. The van der Waals surface area contributed by atoms with Crippen molar-refractivity contribution in [1.82, 2.24) is 0 Å². The van der Waals surface area contributed by atoms with Crippen molar-refractivity contribution in [3.05, 3.63) is 47.5 Å². The van der Waals surface area contributed by atoms with Crippen LogP contribution in [0.1, 0.15) is 134 Å². The lowest BCUT2D eigenvalue weighted by atomic mass is 9.48. The first-order valence-electron chi connectivity index (χ1n) is 18.1. The van der Waals surface area contributed by atoms with Crippen LogP contribution in [0.3, 0.4) is 0 Å². The molecule has 250 valence electrons. The second kappa shape index (κ2) is 14.4. The molecule has 0 aromatic heterocycles. The van der Waals surface area contributed by atoms with E-state index in [9.17, 15) is 9.59 Å². The average Bonchev–Trinajstić information content (AvgIpc) is 3.80. The highest BCUT2D eigenvalue weighted by Gasteiger charge is 2.54. The van der Waals surface area contributed by atoms with Gasteiger partial charge in [0.2, 0.25) is 0 Å². The molecule has 6 nitrogen and oxygen atoms in total. The summed E-state index contributed by atoms with van der Waals surface area (Å²) in [7, 11) is 3.43. The van der Waals surface area contributed by atoms with Crippen LogP contribution in [0, 0.1) is 5.92 Å². The van der Waals surface area contributed by atoms with Crippen LogP contribution in [0.5, 0.6) is 23.0 Å². The van der Waals surface area contributed by atoms with Gasteiger partial charge in [0.1, 0.15) is 11.6 Å². The van der Waals surface area contributed by atoms with Gasteiger partial charge in [-0.3, -0.25) is 9.59 Å². The van der Waals surface area contributed by atoms with E-state index in [1.165, 1.54) is 36.8 Å². The van der Waals surface area contributed by atoms with Crippen LogP contribution in [0.2, 0.25) is 0 Å². The fourth-order valence-electron chi connectivity index (χ4n) is 9.53. The van der Waals surface area contributed by atoms with Crippen LogP contribution in [-0.2, 0) is 20.4 Å². The maximum atomic E-state index is 12.9. The minimum Gasteiger partial charge on any atom is -0.493 e. The zero-order valence-electron chi connectivity index (χ0n) is 28.4. The van der Waals surface area contributed by atoms with Gasteiger partial charge in [-0.1, -0.05) is 25.5 Å². The molecule has 0 N–H and O–H groups in total. The number of ether oxygens (including phenoxy) is 4. The fraction of sp³-hybridized carbons (Fsp3) is 0.650. The molecule has 0 saturated heterocycles. The number of rotatable bonds is 12. The van der Waals surface area contributed by atoms with Gasteiger partial charge >= 0.3 is 0 Å². The summed E-state index contributed by atoms with van der Waals surface area (Å²) in [6.45, 7) is 2.28. The molecule has 6 rings (SSSR count). The number of ketones is 2. The van der Waals surface area contributed by atoms with E-state index in [4.69, 9.17) is 18.9 Å². The Morgan fingerprint density at radius 3 is 1.37 bits per heavy atom. The maximum Gasteiger partial charge on any atom is 0.161 e. The summed E-state index contributed by atoms with van der Waals surface area (Å²) >= 11 is 0. The summed E-state index contributed by atoms with van der Waals surface area (Å²) < 4.78 is 24.9. The summed E-state index contributed by atoms with van der Waals surface area (Å²) in [5.41, 5.74) is 2.02. The van der Waals surface area contributed by atoms with E-state index in [1.807, 2.05) is 0 Å².